The Kier molecular flexibility index (Phi) is 3.58. The Morgan fingerprint density at radius 3 is 2.22 bits per heavy atom. The molecule has 7 nitrogen and oxygen atoms in total. The van der Waals surface area contributed by atoms with Gasteiger partial charge >= 0.3 is 0 Å². The van der Waals surface area contributed by atoms with E-state index in [1.54, 1.807) is 30.6 Å². The van der Waals surface area contributed by atoms with Crippen molar-refractivity contribution in [3.63, 3.8) is 0 Å². The molecule has 1 fully saturated rings. The number of carbonyl (C=O) groups excluding carboxylic acids is 1. The van der Waals surface area contributed by atoms with Crippen LogP contribution in [-0.4, -0.2) is 45.7 Å². The van der Waals surface area contributed by atoms with Crippen molar-refractivity contribution in [2.45, 2.75) is 30.6 Å². The minimum atomic E-state index is -1.73. The highest BCUT2D eigenvalue weighted by atomic mass is 16.6. The Morgan fingerprint density at radius 1 is 1.06 bits per heavy atom. The van der Waals surface area contributed by atoms with Gasteiger partial charge in [0.25, 0.3) is 6.23 Å². The predicted octanol–water partition coefficient (Wildman–Crippen LogP) is -3.30. The van der Waals surface area contributed by atoms with Crippen LogP contribution in [0.3, 0.4) is 0 Å². The predicted molar refractivity (Wildman–Crippen MR) is 53.6 cm³/mol. The van der Waals surface area contributed by atoms with Gasteiger partial charge in [0.2, 0.25) is 0 Å². The molecule has 0 bridgehead atoms. The van der Waals surface area contributed by atoms with E-state index in [4.69, 9.17) is 4.74 Å². The van der Waals surface area contributed by atoms with Crippen LogP contribution in [0.25, 0.3) is 0 Å². The summed E-state index contributed by atoms with van der Waals surface area (Å²) in [5, 5.41) is 39.7. The fraction of sp³-hybridized carbons (Fsp3) is 0.455. The van der Waals surface area contributed by atoms with Crippen molar-refractivity contribution >= 4 is 5.97 Å². The summed E-state index contributed by atoms with van der Waals surface area (Å²) in [7, 11) is 0. The first kappa shape index (κ1) is 12.9. The van der Waals surface area contributed by atoms with Gasteiger partial charge in [-0.05, 0) is 0 Å². The molecule has 98 valence electrons. The van der Waals surface area contributed by atoms with Gasteiger partial charge in [-0.1, -0.05) is 6.07 Å². The lowest BCUT2D eigenvalue weighted by Gasteiger charge is -2.37. The number of aliphatic hydroxyl groups excluding tert-OH is 3. The zero-order chi connectivity index (χ0) is 13.3. The van der Waals surface area contributed by atoms with E-state index in [2.05, 4.69) is 0 Å². The highest BCUT2D eigenvalue weighted by Gasteiger charge is 2.48. The molecule has 0 radical (unpaired) electrons. The summed E-state index contributed by atoms with van der Waals surface area (Å²) < 4.78 is 6.47. The molecule has 2 rings (SSSR count). The monoisotopic (exact) mass is 255 g/mol. The van der Waals surface area contributed by atoms with E-state index in [1.165, 1.54) is 4.57 Å². The number of pyridine rings is 1. The second-order valence-electron chi connectivity index (χ2n) is 4.06. The van der Waals surface area contributed by atoms with E-state index in [9.17, 15) is 25.2 Å². The minimum Gasteiger partial charge on any atom is -0.547 e. The average Bonchev–Trinajstić information content (AvgIpc) is 2.37. The van der Waals surface area contributed by atoms with E-state index in [0.717, 1.165) is 0 Å². The van der Waals surface area contributed by atoms with Crippen molar-refractivity contribution in [3.05, 3.63) is 30.6 Å². The number of nitrogens with zero attached hydrogens (tertiary/aromatic N) is 1. The van der Waals surface area contributed by atoms with Crippen LogP contribution in [0.2, 0.25) is 0 Å². The van der Waals surface area contributed by atoms with Crippen molar-refractivity contribution in [3.8, 4) is 0 Å². The summed E-state index contributed by atoms with van der Waals surface area (Å²) in [5.74, 6) is -1.64. The molecule has 7 heteroatoms. The number of aliphatic hydroxyl groups is 3. The van der Waals surface area contributed by atoms with Gasteiger partial charge in [-0.15, -0.1) is 0 Å². The third-order valence-electron chi connectivity index (χ3n) is 2.85. The number of hydrogen-bond acceptors (Lipinski definition) is 6. The van der Waals surface area contributed by atoms with Gasteiger partial charge in [0, 0.05) is 12.1 Å². The quantitative estimate of drug-likeness (QED) is 0.477. The molecule has 0 aliphatic carbocycles. The molecule has 5 unspecified atom stereocenters. The van der Waals surface area contributed by atoms with Gasteiger partial charge < -0.3 is 30.0 Å². The molecule has 1 aliphatic heterocycles. The molecular weight excluding hydrogens is 242 g/mol. The third kappa shape index (κ3) is 2.21. The second-order valence-corrected chi connectivity index (χ2v) is 4.06. The van der Waals surface area contributed by atoms with E-state index in [1.807, 2.05) is 0 Å². The molecule has 0 spiro atoms. The van der Waals surface area contributed by atoms with E-state index < -0.39 is 36.6 Å². The van der Waals surface area contributed by atoms with Crippen LogP contribution in [0.5, 0.6) is 0 Å². The number of hydrogen-bond donors (Lipinski definition) is 3. The first-order valence-corrected chi connectivity index (χ1v) is 5.38. The summed E-state index contributed by atoms with van der Waals surface area (Å²) >= 11 is 0. The fourth-order valence-electron chi connectivity index (χ4n) is 1.88. The average molecular weight is 255 g/mol. The zero-order valence-corrected chi connectivity index (χ0v) is 9.29. The van der Waals surface area contributed by atoms with Gasteiger partial charge in [0.1, 0.15) is 18.3 Å². The number of aliphatic carboxylic acids is 1. The lowest BCUT2D eigenvalue weighted by Crippen LogP contribution is -2.65. The molecule has 0 saturated carbocycles. The Hall–Kier alpha value is -1.54. The van der Waals surface area contributed by atoms with Crippen LogP contribution in [-0.2, 0) is 9.53 Å². The third-order valence-corrected chi connectivity index (χ3v) is 2.85. The number of carboxylic acid groups (broad SMARTS) is 1. The van der Waals surface area contributed by atoms with Crippen molar-refractivity contribution in [2.75, 3.05) is 0 Å². The number of rotatable bonds is 2. The maximum absolute atomic E-state index is 10.8. The van der Waals surface area contributed by atoms with Crippen LogP contribution < -0.4 is 9.67 Å². The first-order chi connectivity index (χ1) is 8.52. The molecule has 3 N–H and O–H groups in total. The normalized spacial score (nSPS) is 36.3. The molecule has 0 amide bonds. The topological polar surface area (TPSA) is 114 Å². The Morgan fingerprint density at radius 2 is 1.67 bits per heavy atom. The standard InChI is InChI=1S/C11H13NO6/c13-6-7(14)9(11(16)17)18-10(8(6)15)12-4-2-1-3-5-12/h1-10,13-15H. The van der Waals surface area contributed by atoms with Crippen molar-refractivity contribution < 1.29 is 34.5 Å². The van der Waals surface area contributed by atoms with Crippen LogP contribution in [0.4, 0.5) is 0 Å². The SMILES string of the molecule is O=C([O-])C1OC([n+]2ccccc2)C(O)C(O)C1O. The number of carbonyl (C=O) groups is 1. The molecule has 1 aromatic heterocycles. The number of ether oxygens (including phenoxy) is 1. The van der Waals surface area contributed by atoms with Gasteiger partial charge in [-0.2, -0.15) is 4.57 Å². The first-order valence-electron chi connectivity index (χ1n) is 5.38. The highest BCUT2D eigenvalue weighted by Crippen LogP contribution is 2.24. The Labute approximate surface area is 102 Å². The van der Waals surface area contributed by atoms with E-state index >= 15 is 0 Å². The van der Waals surface area contributed by atoms with E-state index in [-0.39, 0.29) is 0 Å². The largest absolute Gasteiger partial charge is 0.547 e. The van der Waals surface area contributed by atoms with Gasteiger partial charge in [0.05, 0.1) is 5.97 Å². The fourth-order valence-corrected chi connectivity index (χ4v) is 1.88. The molecule has 18 heavy (non-hydrogen) atoms. The minimum absolute atomic E-state index is 1.10. The van der Waals surface area contributed by atoms with Gasteiger partial charge in [-0.25, -0.2) is 0 Å². The second kappa shape index (κ2) is 4.99. The summed E-state index contributed by atoms with van der Waals surface area (Å²) in [4.78, 5) is 10.8. The maximum atomic E-state index is 10.8. The van der Waals surface area contributed by atoms with Crippen LogP contribution in [0.1, 0.15) is 6.23 Å². The van der Waals surface area contributed by atoms with Crippen molar-refractivity contribution in [1.29, 1.82) is 0 Å². The molecule has 2 heterocycles. The van der Waals surface area contributed by atoms with Crippen molar-refractivity contribution in [1.82, 2.24) is 0 Å². The van der Waals surface area contributed by atoms with Crippen LogP contribution in [0, 0.1) is 0 Å². The molecule has 1 aromatic rings. The lowest BCUT2D eigenvalue weighted by molar-refractivity contribution is -0.777. The molecule has 1 saturated heterocycles. The summed E-state index contributed by atoms with van der Waals surface area (Å²) in [6, 6.07) is 5.04. The smallest absolute Gasteiger partial charge is 0.292 e. The van der Waals surface area contributed by atoms with Gasteiger partial charge in [-0.3, -0.25) is 0 Å². The summed E-state index contributed by atoms with van der Waals surface area (Å²) in [6.45, 7) is 0. The molecule has 5 atom stereocenters. The zero-order valence-electron chi connectivity index (χ0n) is 9.29. The maximum Gasteiger partial charge on any atom is 0.292 e. The summed E-state index contributed by atoms with van der Waals surface area (Å²) in [6.07, 6.45) is -4.50. The van der Waals surface area contributed by atoms with Crippen molar-refractivity contribution in [2.24, 2.45) is 0 Å². The highest BCUT2D eigenvalue weighted by molar-refractivity contribution is 5.71. The van der Waals surface area contributed by atoms with Crippen LogP contribution in [0.15, 0.2) is 30.6 Å². The lowest BCUT2D eigenvalue weighted by atomic mass is 9.98. The number of carboxylic acids is 1. The summed E-state index contributed by atoms with van der Waals surface area (Å²) in [5.41, 5.74) is 0. The molecule has 1 aliphatic rings. The van der Waals surface area contributed by atoms with Gasteiger partial charge in [0.15, 0.2) is 18.5 Å². The number of aromatic nitrogens is 1. The molecular formula is C11H13NO6. The Bertz CT molecular complexity index is 425. The Balaban J connectivity index is 2.28. The van der Waals surface area contributed by atoms with E-state index in [0.29, 0.717) is 0 Å². The van der Waals surface area contributed by atoms with Crippen LogP contribution >= 0.6 is 0 Å². The molecule has 0 aromatic carbocycles.